The van der Waals surface area contributed by atoms with Crippen molar-refractivity contribution < 1.29 is 19.2 Å². The molecule has 1 saturated heterocycles. The SMILES string of the molecule is COc1nn(C2CCN(C(=O)OC(C)(C)C)CC2)cc1[N+](=O)[O-]. The van der Waals surface area contributed by atoms with Gasteiger partial charge >= 0.3 is 17.7 Å². The number of ether oxygens (including phenoxy) is 2. The molecule has 0 atom stereocenters. The van der Waals surface area contributed by atoms with E-state index in [0.717, 1.165) is 0 Å². The fourth-order valence-corrected chi connectivity index (χ4v) is 2.46. The van der Waals surface area contributed by atoms with Crippen LogP contribution in [0.3, 0.4) is 0 Å². The Labute approximate surface area is 134 Å². The van der Waals surface area contributed by atoms with E-state index in [1.165, 1.54) is 13.3 Å². The van der Waals surface area contributed by atoms with Gasteiger partial charge in [0, 0.05) is 13.1 Å². The van der Waals surface area contributed by atoms with Crippen LogP contribution in [-0.2, 0) is 4.74 Å². The molecule has 0 saturated carbocycles. The van der Waals surface area contributed by atoms with Crippen LogP contribution in [0, 0.1) is 10.1 Å². The van der Waals surface area contributed by atoms with Crippen LogP contribution >= 0.6 is 0 Å². The molecule has 1 amide bonds. The Morgan fingerprint density at radius 1 is 1.39 bits per heavy atom. The van der Waals surface area contributed by atoms with Crippen molar-refractivity contribution in [1.29, 1.82) is 0 Å². The highest BCUT2D eigenvalue weighted by atomic mass is 16.6. The summed E-state index contributed by atoms with van der Waals surface area (Å²) in [5.74, 6) is 0.00423. The van der Waals surface area contributed by atoms with Crippen molar-refractivity contribution in [1.82, 2.24) is 14.7 Å². The summed E-state index contributed by atoms with van der Waals surface area (Å²) in [4.78, 5) is 24.1. The van der Waals surface area contributed by atoms with Gasteiger partial charge in [-0.25, -0.2) is 4.79 Å². The Hall–Kier alpha value is -2.32. The zero-order chi connectivity index (χ0) is 17.2. The number of likely N-dealkylation sites (tertiary alicyclic amines) is 1. The predicted molar refractivity (Wildman–Crippen MR) is 81.5 cm³/mol. The number of carbonyl (C=O) groups is 1. The molecular formula is C14H22N4O5. The van der Waals surface area contributed by atoms with E-state index in [-0.39, 0.29) is 23.7 Å². The minimum atomic E-state index is -0.524. The molecule has 0 N–H and O–H groups in total. The molecule has 1 aromatic rings. The van der Waals surface area contributed by atoms with Crippen molar-refractivity contribution in [2.75, 3.05) is 20.2 Å². The summed E-state index contributed by atoms with van der Waals surface area (Å²) in [6.07, 6.45) is 2.36. The van der Waals surface area contributed by atoms with E-state index in [9.17, 15) is 14.9 Å². The van der Waals surface area contributed by atoms with Crippen molar-refractivity contribution in [3.05, 3.63) is 16.3 Å². The van der Waals surface area contributed by atoms with Gasteiger partial charge in [0.1, 0.15) is 11.8 Å². The van der Waals surface area contributed by atoms with Gasteiger partial charge in [-0.05, 0) is 33.6 Å². The van der Waals surface area contributed by atoms with E-state index in [1.54, 1.807) is 9.58 Å². The number of nitrogens with zero attached hydrogens (tertiary/aromatic N) is 4. The summed E-state index contributed by atoms with van der Waals surface area (Å²) in [5, 5.41) is 15.1. The molecule has 1 aliphatic heterocycles. The van der Waals surface area contributed by atoms with Crippen molar-refractivity contribution in [3.63, 3.8) is 0 Å². The predicted octanol–water partition coefficient (Wildman–Crippen LogP) is 2.37. The van der Waals surface area contributed by atoms with E-state index in [0.29, 0.717) is 25.9 Å². The standard InChI is InChI=1S/C14H22N4O5/c1-14(2,3)23-13(19)16-7-5-10(6-8-16)17-9-11(18(20)21)12(15-17)22-4/h9-10H,5-8H2,1-4H3. The number of piperidine rings is 1. The van der Waals surface area contributed by atoms with Gasteiger partial charge < -0.3 is 14.4 Å². The lowest BCUT2D eigenvalue weighted by molar-refractivity contribution is -0.385. The van der Waals surface area contributed by atoms with Crippen molar-refractivity contribution in [2.45, 2.75) is 45.3 Å². The van der Waals surface area contributed by atoms with Crippen molar-refractivity contribution >= 4 is 11.8 Å². The molecular weight excluding hydrogens is 304 g/mol. The minimum Gasteiger partial charge on any atom is -0.475 e. The van der Waals surface area contributed by atoms with Crippen LogP contribution in [0.1, 0.15) is 39.7 Å². The third-order valence-corrected chi connectivity index (χ3v) is 3.56. The van der Waals surface area contributed by atoms with Crippen LogP contribution in [0.4, 0.5) is 10.5 Å². The van der Waals surface area contributed by atoms with Gasteiger partial charge in [0.25, 0.3) is 0 Å². The topological polar surface area (TPSA) is 99.7 Å². The maximum absolute atomic E-state index is 12.0. The molecule has 0 radical (unpaired) electrons. The third kappa shape index (κ3) is 4.11. The molecule has 0 unspecified atom stereocenters. The lowest BCUT2D eigenvalue weighted by Gasteiger charge is -2.33. The Morgan fingerprint density at radius 2 is 2.00 bits per heavy atom. The first-order valence-electron chi connectivity index (χ1n) is 7.46. The average molecular weight is 326 g/mol. The van der Waals surface area contributed by atoms with E-state index in [2.05, 4.69) is 5.10 Å². The van der Waals surface area contributed by atoms with Gasteiger partial charge in [-0.3, -0.25) is 14.8 Å². The maximum atomic E-state index is 12.0. The Bertz CT molecular complexity index is 584. The molecule has 23 heavy (non-hydrogen) atoms. The zero-order valence-corrected chi connectivity index (χ0v) is 13.8. The normalized spacial score (nSPS) is 16.3. The first-order valence-corrected chi connectivity index (χ1v) is 7.46. The second-order valence-corrected chi connectivity index (χ2v) is 6.46. The summed E-state index contributed by atoms with van der Waals surface area (Å²) in [5.41, 5.74) is -0.675. The zero-order valence-electron chi connectivity index (χ0n) is 13.8. The first-order chi connectivity index (χ1) is 10.7. The number of methoxy groups -OCH3 is 1. The molecule has 1 fully saturated rings. The largest absolute Gasteiger partial charge is 0.475 e. The van der Waals surface area contributed by atoms with Gasteiger partial charge in [0.05, 0.1) is 18.1 Å². The number of hydrogen-bond acceptors (Lipinski definition) is 6. The van der Waals surface area contributed by atoms with Crippen LogP contribution in [0.15, 0.2) is 6.20 Å². The van der Waals surface area contributed by atoms with Crippen LogP contribution in [0.25, 0.3) is 0 Å². The molecule has 0 aliphatic carbocycles. The summed E-state index contributed by atoms with van der Waals surface area (Å²) in [6, 6.07) is -0.00344. The van der Waals surface area contributed by atoms with Crippen LogP contribution in [0.5, 0.6) is 5.88 Å². The highest BCUT2D eigenvalue weighted by Crippen LogP contribution is 2.30. The van der Waals surface area contributed by atoms with Crippen molar-refractivity contribution in [2.24, 2.45) is 0 Å². The Kier molecular flexibility index (Phi) is 4.76. The van der Waals surface area contributed by atoms with Gasteiger partial charge in [-0.15, -0.1) is 5.10 Å². The van der Waals surface area contributed by atoms with Gasteiger partial charge in [-0.1, -0.05) is 0 Å². The van der Waals surface area contributed by atoms with Crippen LogP contribution in [-0.4, -0.2) is 51.5 Å². The fourth-order valence-electron chi connectivity index (χ4n) is 2.46. The third-order valence-electron chi connectivity index (χ3n) is 3.56. The highest BCUT2D eigenvalue weighted by molar-refractivity contribution is 5.68. The molecule has 1 aliphatic rings. The average Bonchev–Trinajstić information content (AvgIpc) is 2.90. The van der Waals surface area contributed by atoms with E-state index in [1.807, 2.05) is 20.8 Å². The minimum absolute atomic E-state index is 0.00344. The smallest absolute Gasteiger partial charge is 0.410 e. The summed E-state index contributed by atoms with van der Waals surface area (Å²) < 4.78 is 11.8. The number of nitro groups is 1. The summed E-state index contributed by atoms with van der Waals surface area (Å²) >= 11 is 0. The quantitative estimate of drug-likeness (QED) is 0.624. The molecule has 9 heteroatoms. The summed E-state index contributed by atoms with van der Waals surface area (Å²) in [6.45, 7) is 6.53. The number of rotatable bonds is 3. The molecule has 0 spiro atoms. The fraction of sp³-hybridized carbons (Fsp3) is 0.714. The van der Waals surface area contributed by atoms with Crippen molar-refractivity contribution in [3.8, 4) is 5.88 Å². The van der Waals surface area contributed by atoms with Gasteiger partial charge in [-0.2, -0.15) is 0 Å². The highest BCUT2D eigenvalue weighted by Gasteiger charge is 2.30. The van der Waals surface area contributed by atoms with E-state index >= 15 is 0 Å². The molecule has 1 aromatic heterocycles. The lowest BCUT2D eigenvalue weighted by Crippen LogP contribution is -2.42. The molecule has 2 rings (SSSR count). The number of aromatic nitrogens is 2. The lowest BCUT2D eigenvalue weighted by atomic mass is 10.1. The van der Waals surface area contributed by atoms with Crippen LogP contribution in [0.2, 0.25) is 0 Å². The maximum Gasteiger partial charge on any atom is 0.410 e. The number of carbonyl (C=O) groups excluding carboxylic acids is 1. The van der Waals surface area contributed by atoms with E-state index < -0.39 is 10.5 Å². The Morgan fingerprint density at radius 3 is 2.43 bits per heavy atom. The molecule has 128 valence electrons. The number of hydrogen-bond donors (Lipinski definition) is 0. The second kappa shape index (κ2) is 6.43. The molecule has 2 heterocycles. The Balaban J connectivity index is 1.99. The van der Waals surface area contributed by atoms with E-state index in [4.69, 9.17) is 9.47 Å². The van der Waals surface area contributed by atoms with Gasteiger partial charge in [0.2, 0.25) is 0 Å². The molecule has 0 bridgehead atoms. The summed E-state index contributed by atoms with van der Waals surface area (Å²) in [7, 11) is 1.35. The first kappa shape index (κ1) is 17.0. The van der Waals surface area contributed by atoms with Gasteiger partial charge in [0.15, 0.2) is 0 Å². The van der Waals surface area contributed by atoms with Crippen LogP contribution < -0.4 is 4.74 Å². The second-order valence-electron chi connectivity index (χ2n) is 6.46. The monoisotopic (exact) mass is 326 g/mol. The number of amides is 1. The molecule has 9 nitrogen and oxygen atoms in total. The molecule has 0 aromatic carbocycles.